The van der Waals surface area contributed by atoms with Crippen molar-refractivity contribution in [1.82, 2.24) is 0 Å². The standard InChI is InChI=1S/2C20H12N2O2/c2*21-13-17-18(14-22)20(24-16-9-5-2-6-10-16)12-11-19(17)23-15-7-3-1-4-8-15/h2*1-12H. The highest BCUT2D eigenvalue weighted by Crippen LogP contribution is 2.36. The van der Waals surface area contributed by atoms with E-state index in [0.717, 1.165) is 0 Å². The molecule has 0 spiro atoms. The highest BCUT2D eigenvalue weighted by molar-refractivity contribution is 5.63. The normalized spacial score (nSPS) is 9.58. The van der Waals surface area contributed by atoms with Crippen LogP contribution in [-0.2, 0) is 0 Å². The van der Waals surface area contributed by atoms with E-state index >= 15 is 0 Å². The first kappa shape index (κ1) is 31.9. The van der Waals surface area contributed by atoms with Crippen molar-refractivity contribution in [2.24, 2.45) is 0 Å². The van der Waals surface area contributed by atoms with E-state index in [9.17, 15) is 21.0 Å². The maximum atomic E-state index is 9.46. The van der Waals surface area contributed by atoms with Gasteiger partial charge >= 0.3 is 0 Å². The Balaban J connectivity index is 0.000000188. The van der Waals surface area contributed by atoms with Crippen LogP contribution in [0, 0.1) is 45.3 Å². The van der Waals surface area contributed by atoms with Gasteiger partial charge in [0, 0.05) is 0 Å². The van der Waals surface area contributed by atoms with E-state index in [1.165, 1.54) is 0 Å². The van der Waals surface area contributed by atoms with Gasteiger partial charge in [-0.1, -0.05) is 72.8 Å². The molecule has 6 aromatic carbocycles. The Hall–Kier alpha value is -7.52. The third-order valence-corrected chi connectivity index (χ3v) is 6.59. The van der Waals surface area contributed by atoms with Gasteiger partial charge in [-0.2, -0.15) is 21.0 Å². The Morgan fingerprint density at radius 3 is 0.625 bits per heavy atom. The minimum atomic E-state index is 0.148. The summed E-state index contributed by atoms with van der Waals surface area (Å²) in [5, 5.41) is 37.8. The molecule has 0 N–H and O–H groups in total. The van der Waals surface area contributed by atoms with Crippen molar-refractivity contribution in [3.63, 3.8) is 0 Å². The monoisotopic (exact) mass is 624 g/mol. The van der Waals surface area contributed by atoms with Crippen molar-refractivity contribution < 1.29 is 18.9 Å². The van der Waals surface area contributed by atoms with Crippen LogP contribution < -0.4 is 18.9 Å². The first-order chi connectivity index (χ1) is 23.6. The summed E-state index contributed by atoms with van der Waals surface area (Å²) in [6, 6.07) is 51.0. The summed E-state index contributed by atoms with van der Waals surface area (Å²) < 4.78 is 22.9. The van der Waals surface area contributed by atoms with E-state index in [2.05, 4.69) is 0 Å². The van der Waals surface area contributed by atoms with Gasteiger partial charge in [0.05, 0.1) is 0 Å². The number of hydrogen-bond donors (Lipinski definition) is 0. The van der Waals surface area contributed by atoms with E-state index in [1.807, 2.05) is 97.1 Å². The second kappa shape index (κ2) is 16.0. The van der Waals surface area contributed by atoms with Crippen LogP contribution in [0.4, 0.5) is 0 Å². The third-order valence-electron chi connectivity index (χ3n) is 6.59. The molecule has 0 saturated carbocycles. The molecule has 0 aliphatic heterocycles. The van der Waals surface area contributed by atoms with E-state index < -0.39 is 0 Å². The molecule has 0 aliphatic rings. The van der Waals surface area contributed by atoms with Crippen molar-refractivity contribution in [1.29, 1.82) is 21.0 Å². The molecule has 0 atom stereocenters. The smallest absolute Gasteiger partial charge is 0.146 e. The van der Waals surface area contributed by atoms with Gasteiger partial charge in [0.25, 0.3) is 0 Å². The zero-order chi connectivity index (χ0) is 33.6. The van der Waals surface area contributed by atoms with Crippen molar-refractivity contribution in [3.8, 4) is 70.3 Å². The summed E-state index contributed by atoms with van der Waals surface area (Å²) in [4.78, 5) is 0. The van der Waals surface area contributed by atoms with Crippen LogP contribution in [0.3, 0.4) is 0 Å². The average molecular weight is 625 g/mol. The van der Waals surface area contributed by atoms with Gasteiger partial charge in [-0.15, -0.1) is 0 Å². The van der Waals surface area contributed by atoms with Gasteiger partial charge in [-0.05, 0) is 72.8 Å². The Labute approximate surface area is 277 Å². The SMILES string of the molecule is N#Cc1c(Oc2ccccc2)ccc(Oc2ccccc2)c1C#N.N#Cc1c(Oc2ccccc2)ccc(Oc2ccccc2)c1C#N. The number of hydrogen-bond acceptors (Lipinski definition) is 8. The lowest BCUT2D eigenvalue weighted by Gasteiger charge is -2.12. The van der Waals surface area contributed by atoms with E-state index in [0.29, 0.717) is 46.0 Å². The number of para-hydroxylation sites is 4. The third kappa shape index (κ3) is 7.95. The van der Waals surface area contributed by atoms with E-state index in [-0.39, 0.29) is 22.3 Å². The van der Waals surface area contributed by atoms with Crippen LogP contribution in [0.1, 0.15) is 22.3 Å². The van der Waals surface area contributed by atoms with Crippen LogP contribution in [0.2, 0.25) is 0 Å². The first-order valence-electron chi connectivity index (χ1n) is 14.5. The maximum absolute atomic E-state index is 9.46. The number of benzene rings is 6. The lowest BCUT2D eigenvalue weighted by Crippen LogP contribution is -1.95. The molecule has 8 nitrogen and oxygen atoms in total. The number of nitrogens with zero attached hydrogens (tertiary/aromatic N) is 4. The van der Waals surface area contributed by atoms with Gasteiger partial charge in [-0.3, -0.25) is 0 Å². The fraction of sp³-hybridized carbons (Fsp3) is 0. The summed E-state index contributed by atoms with van der Waals surface area (Å²) >= 11 is 0. The van der Waals surface area contributed by atoms with Crippen LogP contribution in [0.5, 0.6) is 46.0 Å². The molecule has 0 radical (unpaired) electrons. The summed E-state index contributed by atoms with van der Waals surface area (Å²) in [7, 11) is 0. The average Bonchev–Trinajstić information content (AvgIpc) is 3.14. The summed E-state index contributed by atoms with van der Waals surface area (Å²) in [5.74, 6) is 3.65. The Bertz CT molecular complexity index is 1850. The molecule has 48 heavy (non-hydrogen) atoms. The van der Waals surface area contributed by atoms with Crippen LogP contribution >= 0.6 is 0 Å². The molecule has 6 aromatic rings. The van der Waals surface area contributed by atoms with Crippen molar-refractivity contribution >= 4 is 0 Å². The topological polar surface area (TPSA) is 132 Å². The van der Waals surface area contributed by atoms with Gasteiger partial charge in [0.2, 0.25) is 0 Å². The fourth-order valence-electron chi connectivity index (χ4n) is 4.38. The molecule has 0 bridgehead atoms. The van der Waals surface area contributed by atoms with E-state index in [1.54, 1.807) is 72.8 Å². The second-order valence-corrected chi connectivity index (χ2v) is 9.73. The molecule has 8 heteroatoms. The lowest BCUT2D eigenvalue weighted by molar-refractivity contribution is 0.466. The number of ether oxygens (including phenoxy) is 4. The molecule has 6 rings (SSSR count). The van der Waals surface area contributed by atoms with Gasteiger partial charge < -0.3 is 18.9 Å². The van der Waals surface area contributed by atoms with Crippen molar-refractivity contribution in [2.75, 3.05) is 0 Å². The fourth-order valence-corrected chi connectivity index (χ4v) is 4.38. The van der Waals surface area contributed by atoms with Gasteiger partial charge in [0.1, 0.15) is 92.5 Å². The van der Waals surface area contributed by atoms with Crippen LogP contribution in [0.15, 0.2) is 146 Å². The molecule has 0 aliphatic carbocycles. The minimum Gasteiger partial charge on any atom is -0.456 e. The Kier molecular flexibility index (Phi) is 10.6. The lowest BCUT2D eigenvalue weighted by atomic mass is 10.1. The number of rotatable bonds is 8. The summed E-state index contributed by atoms with van der Waals surface area (Å²) in [6.07, 6.45) is 0. The number of nitriles is 4. The molecule has 0 saturated heterocycles. The van der Waals surface area contributed by atoms with Crippen LogP contribution in [0.25, 0.3) is 0 Å². The quantitative estimate of drug-likeness (QED) is 0.163. The van der Waals surface area contributed by atoms with Crippen LogP contribution in [-0.4, -0.2) is 0 Å². The largest absolute Gasteiger partial charge is 0.456 e. The molecule has 0 aromatic heterocycles. The van der Waals surface area contributed by atoms with Gasteiger partial charge in [-0.25, -0.2) is 0 Å². The molecule has 228 valence electrons. The molecule has 0 heterocycles. The zero-order valence-electron chi connectivity index (χ0n) is 25.3. The second-order valence-electron chi connectivity index (χ2n) is 9.73. The predicted octanol–water partition coefficient (Wildman–Crippen LogP) is 10.0. The molecular formula is C40H24N4O4. The van der Waals surface area contributed by atoms with Crippen molar-refractivity contribution in [3.05, 3.63) is 168 Å². The predicted molar refractivity (Wildman–Crippen MR) is 178 cm³/mol. The van der Waals surface area contributed by atoms with Crippen molar-refractivity contribution in [2.45, 2.75) is 0 Å². The molecule has 0 unspecified atom stereocenters. The Morgan fingerprint density at radius 2 is 0.458 bits per heavy atom. The van der Waals surface area contributed by atoms with E-state index in [4.69, 9.17) is 18.9 Å². The summed E-state index contributed by atoms with van der Waals surface area (Å²) in [5.41, 5.74) is 0.592. The minimum absolute atomic E-state index is 0.148. The Morgan fingerprint density at radius 1 is 0.271 bits per heavy atom. The molecule has 0 fully saturated rings. The van der Waals surface area contributed by atoms with Gasteiger partial charge in [0.15, 0.2) is 0 Å². The highest BCUT2D eigenvalue weighted by atomic mass is 16.5. The first-order valence-corrected chi connectivity index (χ1v) is 14.5. The zero-order valence-corrected chi connectivity index (χ0v) is 25.3. The highest BCUT2D eigenvalue weighted by Gasteiger charge is 2.18. The molecular weight excluding hydrogens is 600 g/mol. The molecule has 0 amide bonds. The summed E-state index contributed by atoms with van der Waals surface area (Å²) in [6.45, 7) is 0. The maximum Gasteiger partial charge on any atom is 0.146 e.